The molecule has 0 aliphatic carbocycles. The molecule has 3 rings (SSSR count). The Kier molecular flexibility index (Phi) is 4.48. The van der Waals surface area contributed by atoms with Gasteiger partial charge in [0.2, 0.25) is 5.91 Å². The summed E-state index contributed by atoms with van der Waals surface area (Å²) in [5.41, 5.74) is 1.18. The van der Waals surface area contributed by atoms with Gasteiger partial charge in [-0.25, -0.2) is 9.29 Å². The summed E-state index contributed by atoms with van der Waals surface area (Å²) in [5.74, 6) is -0.728. The van der Waals surface area contributed by atoms with Crippen LogP contribution in [0, 0.1) is 5.82 Å². The minimum absolute atomic E-state index is 0.130. The predicted octanol–water partition coefficient (Wildman–Crippen LogP) is 2.29. The molecule has 2 aromatic carbocycles. The summed E-state index contributed by atoms with van der Waals surface area (Å²) in [4.78, 5) is 25.7. The van der Waals surface area contributed by atoms with Crippen LogP contribution < -0.4 is 10.2 Å². The van der Waals surface area contributed by atoms with E-state index in [0.717, 1.165) is 0 Å². The van der Waals surface area contributed by atoms with E-state index in [9.17, 15) is 14.0 Å². The van der Waals surface area contributed by atoms with E-state index in [-0.39, 0.29) is 24.1 Å². The molecule has 1 aliphatic rings. The summed E-state index contributed by atoms with van der Waals surface area (Å²) in [5, 5.41) is 3.06. The molecule has 2 aromatic rings. The standard InChI is InChI=1S/C18H17FN2O2/c19-15-9-5-4-6-13(15)10-11-20-16-12-17(22)21(18(16)23)14-7-2-1-3-8-14/h1-9,16,20H,10-12H2. The van der Waals surface area contributed by atoms with Crippen LogP contribution in [0.15, 0.2) is 54.6 Å². The highest BCUT2D eigenvalue weighted by molar-refractivity contribution is 6.22. The average Bonchev–Trinajstić information content (AvgIpc) is 2.84. The second kappa shape index (κ2) is 6.71. The molecule has 0 saturated carbocycles. The van der Waals surface area contributed by atoms with E-state index < -0.39 is 6.04 Å². The van der Waals surface area contributed by atoms with Gasteiger partial charge in [-0.05, 0) is 30.2 Å². The van der Waals surface area contributed by atoms with Gasteiger partial charge in [0.15, 0.2) is 0 Å². The van der Waals surface area contributed by atoms with Gasteiger partial charge in [0, 0.05) is 6.54 Å². The topological polar surface area (TPSA) is 49.4 Å². The van der Waals surface area contributed by atoms with Crippen LogP contribution in [-0.4, -0.2) is 24.4 Å². The monoisotopic (exact) mass is 312 g/mol. The van der Waals surface area contributed by atoms with Crippen molar-refractivity contribution in [3.8, 4) is 0 Å². The molecule has 0 radical (unpaired) electrons. The number of carbonyl (C=O) groups excluding carboxylic acids is 2. The number of hydrogen-bond donors (Lipinski definition) is 1. The zero-order chi connectivity index (χ0) is 16.2. The summed E-state index contributed by atoms with van der Waals surface area (Å²) in [6.07, 6.45) is 0.598. The minimum Gasteiger partial charge on any atom is -0.305 e. The molecule has 1 aliphatic heterocycles. The van der Waals surface area contributed by atoms with Gasteiger partial charge < -0.3 is 5.32 Å². The van der Waals surface area contributed by atoms with Crippen molar-refractivity contribution in [1.82, 2.24) is 5.32 Å². The van der Waals surface area contributed by atoms with E-state index in [1.54, 1.807) is 42.5 Å². The largest absolute Gasteiger partial charge is 0.305 e. The van der Waals surface area contributed by atoms with Crippen molar-refractivity contribution in [1.29, 1.82) is 0 Å². The lowest BCUT2D eigenvalue weighted by Gasteiger charge is -2.15. The smallest absolute Gasteiger partial charge is 0.251 e. The lowest BCUT2D eigenvalue weighted by Crippen LogP contribution is -2.39. The molecule has 2 amide bonds. The lowest BCUT2D eigenvalue weighted by atomic mass is 10.1. The predicted molar refractivity (Wildman–Crippen MR) is 85.4 cm³/mol. The summed E-state index contributed by atoms with van der Waals surface area (Å²) in [6.45, 7) is 0.438. The fourth-order valence-corrected chi connectivity index (χ4v) is 2.72. The maximum atomic E-state index is 13.6. The normalized spacial score (nSPS) is 17.8. The third-order valence-electron chi connectivity index (χ3n) is 3.90. The van der Waals surface area contributed by atoms with Gasteiger partial charge in [-0.1, -0.05) is 36.4 Å². The number of hydrogen-bond acceptors (Lipinski definition) is 3. The third-order valence-corrected chi connectivity index (χ3v) is 3.90. The number of benzene rings is 2. The van der Waals surface area contributed by atoms with Crippen LogP contribution >= 0.6 is 0 Å². The first-order valence-electron chi connectivity index (χ1n) is 7.55. The molecule has 4 nitrogen and oxygen atoms in total. The van der Waals surface area contributed by atoms with Crippen LogP contribution in [-0.2, 0) is 16.0 Å². The van der Waals surface area contributed by atoms with Crippen LogP contribution in [0.1, 0.15) is 12.0 Å². The summed E-state index contributed by atoms with van der Waals surface area (Å²) < 4.78 is 13.6. The molecule has 118 valence electrons. The van der Waals surface area contributed by atoms with Crippen molar-refractivity contribution in [3.05, 3.63) is 66.0 Å². The Morgan fingerprint density at radius 1 is 1.04 bits per heavy atom. The highest BCUT2D eigenvalue weighted by atomic mass is 19.1. The van der Waals surface area contributed by atoms with E-state index in [1.165, 1.54) is 11.0 Å². The Morgan fingerprint density at radius 2 is 1.74 bits per heavy atom. The maximum Gasteiger partial charge on any atom is 0.251 e. The molecule has 1 heterocycles. The third kappa shape index (κ3) is 3.29. The van der Waals surface area contributed by atoms with Gasteiger partial charge in [-0.3, -0.25) is 9.59 Å². The number of carbonyl (C=O) groups is 2. The second-order valence-corrected chi connectivity index (χ2v) is 5.46. The van der Waals surface area contributed by atoms with Gasteiger partial charge >= 0.3 is 0 Å². The summed E-state index contributed by atoms with van der Waals surface area (Å²) in [7, 11) is 0. The summed E-state index contributed by atoms with van der Waals surface area (Å²) in [6, 6.07) is 14.9. The zero-order valence-electron chi connectivity index (χ0n) is 12.5. The Balaban J connectivity index is 1.61. The fourth-order valence-electron chi connectivity index (χ4n) is 2.72. The SMILES string of the molecule is O=C1CC(NCCc2ccccc2F)C(=O)N1c1ccccc1. The van der Waals surface area contributed by atoms with Gasteiger partial charge in [0.25, 0.3) is 5.91 Å². The number of halogens is 1. The van der Waals surface area contributed by atoms with Crippen molar-refractivity contribution in [2.24, 2.45) is 0 Å². The lowest BCUT2D eigenvalue weighted by molar-refractivity contribution is -0.121. The number of imide groups is 1. The molecular weight excluding hydrogens is 295 g/mol. The molecule has 1 unspecified atom stereocenters. The second-order valence-electron chi connectivity index (χ2n) is 5.46. The summed E-state index contributed by atoms with van der Waals surface area (Å²) >= 11 is 0. The zero-order valence-corrected chi connectivity index (χ0v) is 12.5. The molecule has 5 heteroatoms. The van der Waals surface area contributed by atoms with Crippen LogP contribution in [0.25, 0.3) is 0 Å². The van der Waals surface area contributed by atoms with Crippen molar-refractivity contribution < 1.29 is 14.0 Å². The molecule has 1 N–H and O–H groups in total. The number of amides is 2. The Morgan fingerprint density at radius 3 is 2.48 bits per heavy atom. The highest BCUT2D eigenvalue weighted by Gasteiger charge is 2.38. The van der Waals surface area contributed by atoms with Crippen LogP contribution in [0.5, 0.6) is 0 Å². The molecule has 23 heavy (non-hydrogen) atoms. The van der Waals surface area contributed by atoms with Crippen LogP contribution in [0.2, 0.25) is 0 Å². The van der Waals surface area contributed by atoms with Gasteiger partial charge in [0.05, 0.1) is 18.2 Å². The first-order chi connectivity index (χ1) is 11.2. The van der Waals surface area contributed by atoms with E-state index >= 15 is 0 Å². The Hall–Kier alpha value is -2.53. The number of anilines is 1. The molecule has 0 bridgehead atoms. The number of rotatable bonds is 5. The molecule has 1 fully saturated rings. The Bertz CT molecular complexity index is 718. The van der Waals surface area contributed by atoms with Crippen molar-refractivity contribution in [2.45, 2.75) is 18.9 Å². The highest BCUT2D eigenvalue weighted by Crippen LogP contribution is 2.22. The van der Waals surface area contributed by atoms with Crippen LogP contribution in [0.3, 0.4) is 0 Å². The number of para-hydroxylation sites is 1. The molecule has 0 spiro atoms. The maximum absolute atomic E-state index is 13.6. The molecular formula is C18H17FN2O2. The van der Waals surface area contributed by atoms with E-state index in [0.29, 0.717) is 24.2 Å². The minimum atomic E-state index is -0.547. The van der Waals surface area contributed by atoms with E-state index in [1.807, 2.05) is 6.07 Å². The van der Waals surface area contributed by atoms with Crippen LogP contribution in [0.4, 0.5) is 10.1 Å². The van der Waals surface area contributed by atoms with E-state index in [4.69, 9.17) is 0 Å². The fraction of sp³-hybridized carbons (Fsp3) is 0.222. The quantitative estimate of drug-likeness (QED) is 0.862. The molecule has 1 atom stereocenters. The number of nitrogens with one attached hydrogen (secondary N) is 1. The first kappa shape index (κ1) is 15.4. The Labute approximate surface area is 133 Å². The van der Waals surface area contributed by atoms with E-state index in [2.05, 4.69) is 5.32 Å². The van der Waals surface area contributed by atoms with Gasteiger partial charge in [-0.15, -0.1) is 0 Å². The van der Waals surface area contributed by atoms with Gasteiger partial charge in [0.1, 0.15) is 5.82 Å². The first-order valence-corrected chi connectivity index (χ1v) is 7.55. The average molecular weight is 312 g/mol. The molecule has 0 aromatic heterocycles. The molecule has 1 saturated heterocycles. The van der Waals surface area contributed by atoms with Gasteiger partial charge in [-0.2, -0.15) is 0 Å². The van der Waals surface area contributed by atoms with Crippen molar-refractivity contribution in [3.63, 3.8) is 0 Å². The number of nitrogens with zero attached hydrogens (tertiary/aromatic N) is 1. The van der Waals surface area contributed by atoms with Crippen molar-refractivity contribution in [2.75, 3.05) is 11.4 Å². The van der Waals surface area contributed by atoms with Crippen molar-refractivity contribution >= 4 is 17.5 Å².